The van der Waals surface area contributed by atoms with Gasteiger partial charge < -0.3 is 9.84 Å². The summed E-state index contributed by atoms with van der Waals surface area (Å²) in [6, 6.07) is 10.2. The average Bonchev–Trinajstić information content (AvgIpc) is 3.28. The van der Waals surface area contributed by atoms with Crippen molar-refractivity contribution < 1.29 is 29.0 Å². The van der Waals surface area contributed by atoms with Gasteiger partial charge in [0, 0.05) is 17.4 Å². The maximum absolute atomic E-state index is 14.0. The quantitative estimate of drug-likeness (QED) is 0.269. The van der Waals surface area contributed by atoms with Crippen LogP contribution in [0, 0.1) is 17.8 Å². The number of aromatic hydroxyl groups is 1. The van der Waals surface area contributed by atoms with Crippen LogP contribution in [0.3, 0.4) is 0 Å². The molecule has 2 aromatic carbocycles. The lowest BCUT2D eigenvalue weighted by atomic mass is 9.56. The zero-order valence-corrected chi connectivity index (χ0v) is 25.8. The molecule has 2 aromatic rings. The lowest BCUT2D eigenvalue weighted by molar-refractivity contribution is -0.138. The van der Waals surface area contributed by atoms with E-state index in [1.807, 2.05) is 6.08 Å². The highest BCUT2D eigenvalue weighted by atomic mass is 79.9. The van der Waals surface area contributed by atoms with E-state index in [4.69, 9.17) is 27.9 Å². The zero-order valence-electron chi connectivity index (χ0n) is 21.2. The van der Waals surface area contributed by atoms with Gasteiger partial charge in [0.2, 0.25) is 11.8 Å². The highest BCUT2D eigenvalue weighted by molar-refractivity contribution is 9.13. The van der Waals surface area contributed by atoms with Crippen LogP contribution in [0.2, 0.25) is 0 Å². The van der Waals surface area contributed by atoms with Crippen LogP contribution in [0.5, 0.6) is 11.5 Å². The molecule has 6 rings (SSSR count). The molecule has 12 heteroatoms. The van der Waals surface area contributed by atoms with E-state index in [2.05, 4.69) is 31.9 Å². The first kappa shape index (κ1) is 27.8. The summed E-state index contributed by atoms with van der Waals surface area (Å²) in [4.78, 5) is 53.2. The van der Waals surface area contributed by atoms with E-state index in [-0.39, 0.29) is 40.6 Å². The Bertz CT molecular complexity index is 1550. The summed E-state index contributed by atoms with van der Waals surface area (Å²) in [6.45, 7) is 0. The van der Waals surface area contributed by atoms with E-state index in [0.29, 0.717) is 21.3 Å². The van der Waals surface area contributed by atoms with E-state index in [9.17, 15) is 24.3 Å². The number of imide groups is 2. The van der Waals surface area contributed by atoms with Crippen LogP contribution in [0.1, 0.15) is 24.3 Å². The fourth-order valence-electron chi connectivity index (χ4n) is 6.90. The van der Waals surface area contributed by atoms with Gasteiger partial charge in [-0.3, -0.25) is 29.0 Å². The Kier molecular flexibility index (Phi) is 6.46. The van der Waals surface area contributed by atoms with Gasteiger partial charge in [-0.1, -0.05) is 29.8 Å². The van der Waals surface area contributed by atoms with E-state index in [1.165, 1.54) is 19.1 Å². The molecule has 0 bridgehead atoms. The second-order valence-electron chi connectivity index (χ2n) is 10.5. The van der Waals surface area contributed by atoms with Gasteiger partial charge in [0.05, 0.1) is 29.1 Å². The molecule has 2 aliphatic heterocycles. The number of nitrogens with zero attached hydrogens (tertiary/aromatic N) is 2. The van der Waals surface area contributed by atoms with Gasteiger partial charge in [0.15, 0.2) is 21.2 Å². The number of carbonyl (C=O) groups is 4. The summed E-state index contributed by atoms with van der Waals surface area (Å²) < 4.78 is 6.02. The van der Waals surface area contributed by atoms with Crippen molar-refractivity contribution in [2.45, 2.75) is 28.5 Å². The molecule has 2 heterocycles. The van der Waals surface area contributed by atoms with Crippen molar-refractivity contribution in [1.82, 2.24) is 4.90 Å². The average molecular weight is 713 g/mol. The number of methoxy groups -OCH3 is 1. The standard InChI is InChI=1S/C28H22Br2Cl2N2O6/c1-33-25(38)27(31)11-16-13(8-9-14-18(16)24(37)34(23(14)36)12-6-4-3-5-7-12)19(28(27,32)26(33)39)15-10-17(40-2)22(35)21(30)20(15)29/h3-8,10,14,16,18-19,35H,9,11H2,1-2H3/t14-,16+,18-,19+,27+,28-/m0/s1. The number of allylic oxidation sites excluding steroid dienone is 2. The number of halogens is 4. The first-order valence-electron chi connectivity index (χ1n) is 12.5. The third-order valence-corrected chi connectivity index (χ3v) is 12.3. The number of hydrogen-bond acceptors (Lipinski definition) is 6. The highest BCUT2D eigenvalue weighted by Gasteiger charge is 2.76. The minimum Gasteiger partial charge on any atom is -0.503 e. The lowest BCUT2D eigenvalue weighted by Crippen LogP contribution is -2.60. The molecule has 208 valence electrons. The summed E-state index contributed by atoms with van der Waals surface area (Å²) in [6.07, 6.45) is 1.99. The number of amides is 4. The molecular formula is C28H22Br2Cl2N2O6. The number of phenolic OH excluding ortho intramolecular Hbond substituents is 1. The van der Waals surface area contributed by atoms with Gasteiger partial charge in [0.25, 0.3) is 11.8 Å². The van der Waals surface area contributed by atoms with Crippen molar-refractivity contribution >= 4 is 84.4 Å². The van der Waals surface area contributed by atoms with Crippen LogP contribution in [0.4, 0.5) is 5.69 Å². The summed E-state index contributed by atoms with van der Waals surface area (Å²) in [5.41, 5.74) is 1.54. The molecule has 0 unspecified atom stereocenters. The Morgan fingerprint density at radius 2 is 1.68 bits per heavy atom. The predicted molar refractivity (Wildman–Crippen MR) is 154 cm³/mol. The Labute approximate surface area is 256 Å². The largest absolute Gasteiger partial charge is 0.503 e. The maximum Gasteiger partial charge on any atom is 0.253 e. The Balaban J connectivity index is 1.57. The topological polar surface area (TPSA) is 104 Å². The first-order chi connectivity index (χ1) is 18.9. The van der Waals surface area contributed by atoms with Gasteiger partial charge in [-0.15, -0.1) is 23.2 Å². The number of fused-ring (bicyclic) bond motifs is 4. The molecule has 0 aromatic heterocycles. The van der Waals surface area contributed by atoms with Crippen LogP contribution in [-0.4, -0.2) is 57.5 Å². The lowest BCUT2D eigenvalue weighted by Gasteiger charge is -2.51. The number of carbonyl (C=O) groups excluding carboxylic acids is 4. The van der Waals surface area contributed by atoms with Crippen molar-refractivity contribution in [3.05, 3.63) is 62.6 Å². The molecule has 40 heavy (non-hydrogen) atoms. The summed E-state index contributed by atoms with van der Waals surface area (Å²) in [7, 11) is 2.72. The highest BCUT2D eigenvalue weighted by Crippen LogP contribution is 2.66. The van der Waals surface area contributed by atoms with E-state index in [1.54, 1.807) is 36.4 Å². The third kappa shape index (κ3) is 3.36. The molecule has 0 spiro atoms. The monoisotopic (exact) mass is 710 g/mol. The Morgan fingerprint density at radius 1 is 1.00 bits per heavy atom. The Hall–Kier alpha value is -2.40. The number of alkyl halides is 2. The number of anilines is 1. The van der Waals surface area contributed by atoms with Gasteiger partial charge in [0.1, 0.15) is 0 Å². The van der Waals surface area contributed by atoms with Gasteiger partial charge in [-0.05, 0) is 74.4 Å². The minimum atomic E-state index is -1.95. The summed E-state index contributed by atoms with van der Waals surface area (Å²) >= 11 is 21.3. The molecule has 8 nitrogen and oxygen atoms in total. The molecule has 0 radical (unpaired) electrons. The first-order valence-corrected chi connectivity index (χ1v) is 14.8. The van der Waals surface area contributed by atoms with Crippen molar-refractivity contribution in [2.24, 2.45) is 17.8 Å². The second-order valence-corrected chi connectivity index (χ2v) is 13.3. The van der Waals surface area contributed by atoms with Gasteiger partial charge in [-0.25, -0.2) is 0 Å². The number of benzene rings is 2. The van der Waals surface area contributed by atoms with E-state index in [0.717, 1.165) is 4.90 Å². The fraction of sp³-hybridized carbons (Fsp3) is 0.357. The van der Waals surface area contributed by atoms with Crippen molar-refractivity contribution in [1.29, 1.82) is 0 Å². The van der Waals surface area contributed by atoms with Gasteiger partial charge in [-0.2, -0.15) is 0 Å². The number of para-hydroxylation sites is 1. The normalized spacial score (nSPS) is 33.1. The van der Waals surface area contributed by atoms with Gasteiger partial charge >= 0.3 is 0 Å². The fourth-order valence-corrected chi connectivity index (χ4v) is 8.87. The molecular weight excluding hydrogens is 691 g/mol. The number of rotatable bonds is 3. The van der Waals surface area contributed by atoms with Crippen LogP contribution in [0.15, 0.2) is 57.0 Å². The molecule has 2 aliphatic carbocycles. The molecule has 4 aliphatic rings. The van der Waals surface area contributed by atoms with Crippen molar-refractivity contribution in [3.8, 4) is 11.5 Å². The van der Waals surface area contributed by atoms with Crippen LogP contribution < -0.4 is 9.64 Å². The molecule has 6 atom stereocenters. The second kappa shape index (κ2) is 9.31. The van der Waals surface area contributed by atoms with Crippen LogP contribution >= 0.6 is 55.1 Å². The van der Waals surface area contributed by atoms with Crippen LogP contribution in [-0.2, 0) is 19.2 Å². The summed E-state index contributed by atoms with van der Waals surface area (Å²) in [5, 5.41) is 10.6. The SMILES string of the molecule is COc1cc([C@H]2C3=CC[C@@H]4C(=O)N(c5ccccc5)C(=O)[C@@H]4[C@@H]3C[C@@]3(Cl)C(=O)N(C)C(=O)[C@@]23Cl)c(Br)c(Br)c1O. The molecule has 1 N–H and O–H groups in total. The van der Waals surface area contributed by atoms with E-state index >= 15 is 0 Å². The molecule has 3 fully saturated rings. The third-order valence-electron chi connectivity index (χ3n) is 8.73. The van der Waals surface area contributed by atoms with Crippen LogP contribution in [0.25, 0.3) is 0 Å². The predicted octanol–water partition coefficient (Wildman–Crippen LogP) is 5.12. The molecule has 2 saturated heterocycles. The number of likely N-dealkylation sites (tertiary alicyclic amines) is 1. The minimum absolute atomic E-state index is 0.105. The van der Waals surface area contributed by atoms with Crippen molar-refractivity contribution in [3.63, 3.8) is 0 Å². The maximum atomic E-state index is 14.0. The zero-order chi connectivity index (χ0) is 28.9. The number of ether oxygens (including phenoxy) is 1. The molecule has 1 saturated carbocycles. The smallest absolute Gasteiger partial charge is 0.253 e. The Morgan fingerprint density at radius 3 is 2.33 bits per heavy atom. The summed E-state index contributed by atoms with van der Waals surface area (Å²) in [5.74, 6) is -5.23. The number of phenols is 1. The number of hydrogen-bond donors (Lipinski definition) is 1. The molecule has 4 amide bonds. The van der Waals surface area contributed by atoms with E-state index < -0.39 is 45.2 Å². The van der Waals surface area contributed by atoms with Crippen molar-refractivity contribution in [2.75, 3.05) is 19.1 Å².